The van der Waals surface area contributed by atoms with Crippen LogP contribution in [-0.2, 0) is 0 Å². The molecule has 1 atom stereocenters. The molecular weight excluding hydrogens is 400 g/mol. The van der Waals surface area contributed by atoms with Crippen LogP contribution in [-0.4, -0.2) is 42.7 Å². The second kappa shape index (κ2) is 7.76. The number of nitrogens with one attached hydrogen (secondary N) is 2. The van der Waals surface area contributed by atoms with Crippen molar-refractivity contribution in [3.8, 4) is 22.6 Å². The van der Waals surface area contributed by atoms with E-state index < -0.39 is 0 Å². The first kappa shape index (κ1) is 18.6. The Morgan fingerprint density at radius 3 is 2.67 bits per heavy atom. The maximum absolute atomic E-state index is 13.2. The van der Waals surface area contributed by atoms with E-state index in [0.29, 0.717) is 34.6 Å². The molecule has 0 aliphatic carbocycles. The van der Waals surface area contributed by atoms with E-state index in [0.717, 1.165) is 24.0 Å². The molecule has 150 valence electrons. The lowest BCUT2D eigenvalue weighted by molar-refractivity contribution is 0.0724. The summed E-state index contributed by atoms with van der Waals surface area (Å²) in [6.45, 7) is 0.658. The molecule has 1 aliphatic heterocycles. The molecule has 8 heteroatoms. The molecule has 0 radical (unpaired) electrons. The topological polar surface area (TPSA) is 90.6 Å². The number of H-pyrrole nitrogens is 2. The fraction of sp³-hybridized carbons (Fsp3) is 0.182. The summed E-state index contributed by atoms with van der Waals surface area (Å²) in [7, 11) is 0. The highest BCUT2D eigenvalue weighted by molar-refractivity contribution is 6.33. The number of aromatic amines is 2. The number of hydrogen-bond acceptors (Lipinski definition) is 4. The molecule has 1 amide bonds. The zero-order valence-electron chi connectivity index (χ0n) is 16.0. The van der Waals surface area contributed by atoms with Crippen LogP contribution in [0.1, 0.15) is 35.2 Å². The van der Waals surface area contributed by atoms with Gasteiger partial charge in [0.05, 0.1) is 16.8 Å². The average molecular weight is 419 g/mol. The first-order valence-electron chi connectivity index (χ1n) is 9.80. The largest absolute Gasteiger partial charge is 0.327 e. The lowest BCUT2D eigenvalue weighted by Crippen LogP contribution is -2.31. The number of rotatable bonds is 4. The summed E-state index contributed by atoms with van der Waals surface area (Å²) in [6.07, 6.45) is 1.74. The van der Waals surface area contributed by atoms with Crippen molar-refractivity contribution in [3.05, 3.63) is 77.2 Å². The van der Waals surface area contributed by atoms with Crippen molar-refractivity contribution in [2.24, 2.45) is 0 Å². The van der Waals surface area contributed by atoms with E-state index in [1.54, 1.807) is 12.1 Å². The van der Waals surface area contributed by atoms with Gasteiger partial charge in [-0.2, -0.15) is 10.2 Å². The van der Waals surface area contributed by atoms with Crippen molar-refractivity contribution < 1.29 is 4.79 Å². The average Bonchev–Trinajstić information content (AvgIpc) is 3.54. The van der Waals surface area contributed by atoms with Gasteiger partial charge in [0.25, 0.3) is 5.91 Å². The van der Waals surface area contributed by atoms with Gasteiger partial charge < -0.3 is 4.90 Å². The normalized spacial score (nSPS) is 16.2. The highest BCUT2D eigenvalue weighted by atomic mass is 35.5. The van der Waals surface area contributed by atoms with E-state index in [1.165, 1.54) is 0 Å². The molecule has 1 fully saturated rings. The van der Waals surface area contributed by atoms with Gasteiger partial charge in [-0.15, -0.1) is 0 Å². The van der Waals surface area contributed by atoms with Crippen LogP contribution in [0.4, 0.5) is 0 Å². The van der Waals surface area contributed by atoms with Crippen molar-refractivity contribution in [3.63, 3.8) is 0 Å². The number of carbonyl (C=O) groups excluding carboxylic acids is 1. The van der Waals surface area contributed by atoms with Crippen LogP contribution < -0.4 is 0 Å². The predicted octanol–water partition coefficient (Wildman–Crippen LogP) is 4.49. The Bertz CT molecular complexity index is 1190. The summed E-state index contributed by atoms with van der Waals surface area (Å²) >= 11 is 6.26. The molecular formula is C22H19ClN6O. The van der Waals surface area contributed by atoms with Gasteiger partial charge in [0.15, 0.2) is 5.82 Å². The maximum Gasteiger partial charge on any atom is 0.272 e. The van der Waals surface area contributed by atoms with Crippen LogP contribution in [0.15, 0.2) is 60.7 Å². The van der Waals surface area contributed by atoms with E-state index >= 15 is 0 Å². The number of carbonyl (C=O) groups is 1. The minimum absolute atomic E-state index is 0.110. The summed E-state index contributed by atoms with van der Waals surface area (Å²) in [5, 5.41) is 15.1. The molecule has 2 aromatic heterocycles. The molecule has 7 nitrogen and oxygen atoms in total. The number of benzene rings is 2. The second-order valence-corrected chi connectivity index (χ2v) is 7.62. The molecule has 3 heterocycles. The smallest absolute Gasteiger partial charge is 0.272 e. The summed E-state index contributed by atoms with van der Waals surface area (Å²) < 4.78 is 0. The molecule has 1 saturated heterocycles. The fourth-order valence-electron chi connectivity index (χ4n) is 3.83. The summed E-state index contributed by atoms with van der Waals surface area (Å²) in [4.78, 5) is 19.7. The van der Waals surface area contributed by atoms with Gasteiger partial charge in [0.1, 0.15) is 11.5 Å². The van der Waals surface area contributed by atoms with Gasteiger partial charge in [0.2, 0.25) is 0 Å². The molecule has 2 aromatic carbocycles. The third kappa shape index (κ3) is 3.37. The molecule has 0 bridgehead atoms. The first-order valence-corrected chi connectivity index (χ1v) is 10.2. The van der Waals surface area contributed by atoms with Gasteiger partial charge in [-0.1, -0.05) is 60.1 Å². The molecule has 30 heavy (non-hydrogen) atoms. The van der Waals surface area contributed by atoms with E-state index in [-0.39, 0.29) is 11.9 Å². The molecule has 1 aliphatic rings. The third-order valence-corrected chi connectivity index (χ3v) is 5.65. The van der Waals surface area contributed by atoms with Crippen LogP contribution in [0.5, 0.6) is 0 Å². The quantitative estimate of drug-likeness (QED) is 0.510. The van der Waals surface area contributed by atoms with Crippen LogP contribution in [0.2, 0.25) is 5.02 Å². The van der Waals surface area contributed by atoms with Crippen molar-refractivity contribution in [2.75, 3.05) is 6.54 Å². The first-order chi connectivity index (χ1) is 14.7. The van der Waals surface area contributed by atoms with Crippen LogP contribution in [0, 0.1) is 0 Å². The highest BCUT2D eigenvalue weighted by Gasteiger charge is 2.34. The minimum atomic E-state index is -0.144. The van der Waals surface area contributed by atoms with Gasteiger partial charge in [-0.05, 0) is 25.0 Å². The van der Waals surface area contributed by atoms with E-state index in [9.17, 15) is 4.79 Å². The van der Waals surface area contributed by atoms with Gasteiger partial charge in [-0.25, -0.2) is 4.98 Å². The van der Waals surface area contributed by atoms with Crippen LogP contribution in [0.3, 0.4) is 0 Å². The number of halogens is 1. The van der Waals surface area contributed by atoms with Crippen molar-refractivity contribution in [1.82, 2.24) is 30.3 Å². The van der Waals surface area contributed by atoms with Crippen molar-refractivity contribution in [2.45, 2.75) is 18.9 Å². The summed E-state index contributed by atoms with van der Waals surface area (Å²) in [5.74, 6) is 1.22. The van der Waals surface area contributed by atoms with Gasteiger partial charge in [0, 0.05) is 17.7 Å². The van der Waals surface area contributed by atoms with E-state index in [4.69, 9.17) is 11.6 Å². The maximum atomic E-state index is 13.2. The highest BCUT2D eigenvalue weighted by Crippen LogP contribution is 2.33. The molecule has 2 N–H and O–H groups in total. The number of amides is 1. The summed E-state index contributed by atoms with van der Waals surface area (Å²) in [6, 6.07) is 18.8. The number of likely N-dealkylation sites (tertiary alicyclic amines) is 1. The zero-order chi connectivity index (χ0) is 20.5. The Hall–Kier alpha value is -3.45. The number of aromatic nitrogens is 5. The molecule has 4 aromatic rings. The lowest BCUT2D eigenvalue weighted by Gasteiger charge is -2.22. The number of nitrogens with zero attached hydrogens (tertiary/aromatic N) is 4. The number of hydrogen-bond donors (Lipinski definition) is 2. The van der Waals surface area contributed by atoms with Crippen LogP contribution in [0.25, 0.3) is 22.6 Å². The molecule has 1 unspecified atom stereocenters. The Balaban J connectivity index is 1.39. The minimum Gasteiger partial charge on any atom is -0.327 e. The Morgan fingerprint density at radius 2 is 1.83 bits per heavy atom. The zero-order valence-corrected chi connectivity index (χ0v) is 16.8. The van der Waals surface area contributed by atoms with Gasteiger partial charge in [-0.3, -0.25) is 15.0 Å². The third-order valence-electron chi connectivity index (χ3n) is 5.32. The summed E-state index contributed by atoms with van der Waals surface area (Å²) in [5.41, 5.74) is 2.80. The van der Waals surface area contributed by atoms with Crippen molar-refractivity contribution in [1.29, 1.82) is 0 Å². The predicted molar refractivity (Wildman–Crippen MR) is 114 cm³/mol. The monoisotopic (exact) mass is 418 g/mol. The Morgan fingerprint density at radius 1 is 1.03 bits per heavy atom. The van der Waals surface area contributed by atoms with Crippen LogP contribution >= 0.6 is 11.6 Å². The SMILES string of the molecule is O=C(c1cc(-c2ccccc2Cl)n[nH]1)N1CCCC1c1nc(-c2ccccc2)n[nH]1. The molecule has 5 rings (SSSR count). The van der Waals surface area contributed by atoms with E-state index in [2.05, 4.69) is 25.4 Å². The molecule has 0 spiro atoms. The van der Waals surface area contributed by atoms with Gasteiger partial charge >= 0.3 is 0 Å². The molecule has 0 saturated carbocycles. The fourth-order valence-corrected chi connectivity index (χ4v) is 4.06. The standard InChI is InChI=1S/C22H19ClN6O/c23-16-10-5-4-9-15(16)17-13-18(26-25-17)22(30)29-12-6-11-19(29)21-24-20(27-28-21)14-7-2-1-3-8-14/h1-5,7-10,13,19H,6,11-12H2,(H,25,26)(H,24,27,28). The Kier molecular flexibility index (Phi) is 4.80. The van der Waals surface area contributed by atoms with E-state index in [1.807, 2.05) is 53.4 Å². The van der Waals surface area contributed by atoms with Crippen molar-refractivity contribution >= 4 is 17.5 Å². The second-order valence-electron chi connectivity index (χ2n) is 7.21. The Labute approximate surface area is 178 Å². The lowest BCUT2D eigenvalue weighted by atomic mass is 10.1.